The summed E-state index contributed by atoms with van der Waals surface area (Å²) >= 11 is 1.35. The van der Waals surface area contributed by atoms with Crippen molar-refractivity contribution in [3.63, 3.8) is 0 Å². The monoisotopic (exact) mass is 229 g/mol. The third-order valence-electron chi connectivity index (χ3n) is 2.12. The molecule has 86 valence electrons. The highest BCUT2D eigenvalue weighted by Gasteiger charge is 2.10. The smallest absolute Gasteiger partial charge is 0.197 e. The van der Waals surface area contributed by atoms with Gasteiger partial charge in [-0.3, -0.25) is 0 Å². The number of anilines is 2. The summed E-state index contributed by atoms with van der Waals surface area (Å²) in [7, 11) is 1.61. The van der Waals surface area contributed by atoms with Gasteiger partial charge in [-0.05, 0) is 30.3 Å². The number of nitrogens with one attached hydrogen (secondary N) is 1. The summed E-state index contributed by atoms with van der Waals surface area (Å²) in [6, 6.07) is 0. The first-order valence-corrected chi connectivity index (χ1v) is 5.95. The Morgan fingerprint density at radius 1 is 1.53 bits per heavy atom. The molecular weight excluding hydrogens is 210 g/mol. The fourth-order valence-corrected chi connectivity index (χ4v) is 2.03. The number of methoxy groups -OCH3 is 1. The molecule has 0 aliphatic carbocycles. The molecule has 15 heavy (non-hydrogen) atoms. The summed E-state index contributed by atoms with van der Waals surface area (Å²) in [6.45, 7) is 5.40. The van der Waals surface area contributed by atoms with Gasteiger partial charge in [0.25, 0.3) is 0 Å². The van der Waals surface area contributed by atoms with E-state index in [1.54, 1.807) is 7.11 Å². The molecule has 0 unspecified atom stereocenters. The summed E-state index contributed by atoms with van der Waals surface area (Å²) in [6.07, 6.45) is 2.38. The minimum Gasteiger partial charge on any atom is -0.490 e. The first-order valence-electron chi connectivity index (χ1n) is 5.18. The number of hydrogen-bond acceptors (Lipinski definition) is 5. The topological polar surface area (TPSA) is 60.2 Å². The van der Waals surface area contributed by atoms with Crippen LogP contribution in [-0.4, -0.2) is 18.0 Å². The van der Waals surface area contributed by atoms with Crippen molar-refractivity contribution in [2.24, 2.45) is 5.92 Å². The van der Waals surface area contributed by atoms with Crippen LogP contribution < -0.4 is 15.8 Å². The molecule has 1 aromatic heterocycles. The van der Waals surface area contributed by atoms with Crippen LogP contribution in [0.3, 0.4) is 0 Å². The summed E-state index contributed by atoms with van der Waals surface area (Å²) in [5.41, 5.74) is 5.64. The largest absolute Gasteiger partial charge is 0.490 e. The lowest BCUT2D eigenvalue weighted by Crippen LogP contribution is -2.03. The first kappa shape index (κ1) is 12.1. The number of nitrogen functional groups attached to an aromatic ring is 1. The van der Waals surface area contributed by atoms with Crippen LogP contribution in [0, 0.1) is 5.92 Å². The zero-order valence-electron chi connectivity index (χ0n) is 9.54. The molecule has 0 fully saturated rings. The van der Waals surface area contributed by atoms with Crippen LogP contribution in [0.25, 0.3) is 0 Å². The standard InChI is InChI=1S/C10H19N3OS/c1-7(2)5-4-6-12-10-8(14-3)9(11)13-15-10/h7,12H,4-6H2,1-3H3,(H2,11,13). The van der Waals surface area contributed by atoms with E-state index in [-0.39, 0.29) is 0 Å². The van der Waals surface area contributed by atoms with E-state index in [4.69, 9.17) is 10.5 Å². The van der Waals surface area contributed by atoms with Gasteiger partial charge in [-0.15, -0.1) is 0 Å². The first-order chi connectivity index (χ1) is 7.15. The van der Waals surface area contributed by atoms with Gasteiger partial charge >= 0.3 is 0 Å². The fraction of sp³-hybridized carbons (Fsp3) is 0.700. The molecule has 4 nitrogen and oxygen atoms in total. The molecule has 0 radical (unpaired) electrons. The highest BCUT2D eigenvalue weighted by atomic mass is 32.1. The van der Waals surface area contributed by atoms with Gasteiger partial charge < -0.3 is 15.8 Å². The molecule has 5 heteroatoms. The molecule has 0 spiro atoms. The lowest BCUT2D eigenvalue weighted by Gasteiger charge is -2.07. The van der Waals surface area contributed by atoms with Gasteiger partial charge in [0.05, 0.1) is 7.11 Å². The lowest BCUT2D eigenvalue weighted by atomic mass is 10.1. The Bertz CT molecular complexity index is 299. The Kier molecular flexibility index (Phi) is 4.68. The highest BCUT2D eigenvalue weighted by molar-refractivity contribution is 7.11. The quantitative estimate of drug-likeness (QED) is 0.736. The van der Waals surface area contributed by atoms with Crippen LogP contribution >= 0.6 is 11.5 Å². The minimum atomic E-state index is 0.467. The van der Waals surface area contributed by atoms with E-state index in [0.717, 1.165) is 23.9 Å². The van der Waals surface area contributed by atoms with E-state index in [1.165, 1.54) is 18.0 Å². The molecule has 0 aliphatic heterocycles. The van der Waals surface area contributed by atoms with E-state index in [2.05, 4.69) is 23.5 Å². The number of nitrogens with zero attached hydrogens (tertiary/aromatic N) is 1. The molecule has 0 bridgehead atoms. The molecule has 0 aromatic carbocycles. The maximum atomic E-state index is 5.64. The predicted molar refractivity (Wildman–Crippen MR) is 65.6 cm³/mol. The van der Waals surface area contributed by atoms with Crippen molar-refractivity contribution in [3.8, 4) is 5.75 Å². The van der Waals surface area contributed by atoms with E-state index in [0.29, 0.717) is 11.6 Å². The van der Waals surface area contributed by atoms with Crippen LogP contribution in [0.5, 0.6) is 5.75 Å². The number of rotatable bonds is 6. The Labute approximate surface area is 95.0 Å². The van der Waals surface area contributed by atoms with Crippen LogP contribution in [0.1, 0.15) is 26.7 Å². The zero-order chi connectivity index (χ0) is 11.3. The summed E-state index contributed by atoms with van der Waals surface area (Å²) in [4.78, 5) is 0. The molecule has 0 atom stereocenters. The average molecular weight is 229 g/mol. The maximum Gasteiger partial charge on any atom is 0.197 e. The number of nitrogens with two attached hydrogens (primary N) is 1. The van der Waals surface area contributed by atoms with Gasteiger partial charge in [0.1, 0.15) is 0 Å². The Morgan fingerprint density at radius 3 is 2.87 bits per heavy atom. The molecule has 0 saturated carbocycles. The second kappa shape index (κ2) is 5.80. The Morgan fingerprint density at radius 2 is 2.27 bits per heavy atom. The molecule has 0 amide bonds. The van der Waals surface area contributed by atoms with Gasteiger partial charge in [0.2, 0.25) is 0 Å². The van der Waals surface area contributed by atoms with Gasteiger partial charge in [-0.2, -0.15) is 4.37 Å². The van der Waals surface area contributed by atoms with E-state index in [1.807, 2.05) is 0 Å². The number of hydrogen-bond donors (Lipinski definition) is 2. The maximum absolute atomic E-state index is 5.64. The molecule has 0 aliphatic rings. The van der Waals surface area contributed by atoms with E-state index >= 15 is 0 Å². The SMILES string of the molecule is COc1c(N)nsc1NCCCC(C)C. The molecule has 0 saturated heterocycles. The Hall–Kier alpha value is -0.970. The van der Waals surface area contributed by atoms with Crippen molar-refractivity contribution >= 4 is 22.4 Å². The van der Waals surface area contributed by atoms with Crippen LogP contribution in [0.15, 0.2) is 0 Å². The van der Waals surface area contributed by atoms with Gasteiger partial charge in [-0.25, -0.2) is 0 Å². The number of aromatic nitrogens is 1. The van der Waals surface area contributed by atoms with Crippen LogP contribution in [0.4, 0.5) is 10.8 Å². The molecule has 1 aromatic rings. The Balaban J connectivity index is 2.37. The predicted octanol–water partition coefficient (Wildman–Crippen LogP) is 2.58. The van der Waals surface area contributed by atoms with Crippen molar-refractivity contribution < 1.29 is 4.74 Å². The van der Waals surface area contributed by atoms with Crippen molar-refractivity contribution in [1.82, 2.24) is 4.37 Å². The van der Waals surface area contributed by atoms with Crippen LogP contribution in [0.2, 0.25) is 0 Å². The van der Waals surface area contributed by atoms with Crippen molar-refractivity contribution in [2.75, 3.05) is 24.7 Å². The molecule has 1 heterocycles. The van der Waals surface area contributed by atoms with Crippen molar-refractivity contribution in [3.05, 3.63) is 0 Å². The lowest BCUT2D eigenvalue weighted by molar-refractivity contribution is 0.419. The van der Waals surface area contributed by atoms with Crippen molar-refractivity contribution in [2.45, 2.75) is 26.7 Å². The van der Waals surface area contributed by atoms with Gasteiger partial charge in [0, 0.05) is 6.54 Å². The average Bonchev–Trinajstić information content (AvgIpc) is 2.53. The normalized spacial score (nSPS) is 10.7. The number of ether oxygens (including phenoxy) is 1. The van der Waals surface area contributed by atoms with E-state index in [9.17, 15) is 0 Å². The summed E-state index contributed by atoms with van der Waals surface area (Å²) < 4.78 is 9.19. The van der Waals surface area contributed by atoms with Crippen molar-refractivity contribution in [1.29, 1.82) is 0 Å². The summed E-state index contributed by atoms with van der Waals surface area (Å²) in [5.74, 6) is 1.89. The van der Waals surface area contributed by atoms with Gasteiger partial charge in [-0.1, -0.05) is 13.8 Å². The zero-order valence-corrected chi connectivity index (χ0v) is 10.4. The van der Waals surface area contributed by atoms with Gasteiger partial charge in [0.15, 0.2) is 16.6 Å². The second-order valence-electron chi connectivity index (χ2n) is 3.89. The molecule has 1 rings (SSSR count). The fourth-order valence-electron chi connectivity index (χ4n) is 1.32. The van der Waals surface area contributed by atoms with E-state index < -0.39 is 0 Å². The molecule has 3 N–H and O–H groups in total. The highest BCUT2D eigenvalue weighted by Crippen LogP contribution is 2.34. The van der Waals surface area contributed by atoms with Crippen LogP contribution in [-0.2, 0) is 0 Å². The summed E-state index contributed by atoms with van der Waals surface area (Å²) in [5, 5.41) is 4.22. The third-order valence-corrected chi connectivity index (χ3v) is 2.92. The second-order valence-corrected chi connectivity index (χ2v) is 4.67. The molecular formula is C10H19N3OS. The third kappa shape index (κ3) is 3.58. The minimum absolute atomic E-state index is 0.467.